The predicted molar refractivity (Wildman–Crippen MR) is 139 cm³/mol. The molecule has 38 heavy (non-hydrogen) atoms. The van der Waals surface area contributed by atoms with Gasteiger partial charge >= 0.3 is 11.8 Å². The van der Waals surface area contributed by atoms with Crippen LogP contribution in [0.1, 0.15) is 51.7 Å². The van der Waals surface area contributed by atoms with E-state index in [-0.39, 0.29) is 18.4 Å². The third-order valence-corrected chi connectivity index (χ3v) is 7.41. The average Bonchev–Trinajstić information content (AvgIpc) is 3.70. The fourth-order valence-corrected chi connectivity index (χ4v) is 5.21. The van der Waals surface area contributed by atoms with E-state index in [2.05, 4.69) is 5.16 Å². The molecule has 2 aromatic heterocycles. The molecule has 2 aromatic carbocycles. The summed E-state index contributed by atoms with van der Waals surface area (Å²) in [5.41, 5.74) is 3.49. The van der Waals surface area contributed by atoms with Gasteiger partial charge in [-0.05, 0) is 55.2 Å². The van der Waals surface area contributed by atoms with Crippen LogP contribution < -0.4 is 14.2 Å². The maximum absolute atomic E-state index is 13.3. The molecule has 10 heteroatoms. The maximum atomic E-state index is 13.3. The number of benzene rings is 2. The first-order valence-electron chi connectivity index (χ1n) is 12.1. The first-order valence-corrected chi connectivity index (χ1v) is 12.9. The quantitative estimate of drug-likeness (QED) is 0.155. The number of aryl methyl sites for hydroxylation is 1. The van der Waals surface area contributed by atoms with E-state index in [1.165, 1.54) is 7.11 Å². The Hall–Kier alpha value is -3.75. The number of esters is 1. The van der Waals surface area contributed by atoms with Crippen molar-refractivity contribution >= 4 is 29.2 Å². The van der Waals surface area contributed by atoms with Crippen molar-refractivity contribution in [2.75, 3.05) is 7.11 Å². The number of hydrogen-bond acceptors (Lipinski definition) is 7. The van der Waals surface area contributed by atoms with Crippen molar-refractivity contribution < 1.29 is 28.3 Å². The van der Waals surface area contributed by atoms with Crippen molar-refractivity contribution in [2.45, 2.75) is 38.2 Å². The summed E-state index contributed by atoms with van der Waals surface area (Å²) >= 11 is 12.9. The van der Waals surface area contributed by atoms with Crippen molar-refractivity contribution in [3.8, 4) is 28.6 Å². The van der Waals surface area contributed by atoms with Crippen LogP contribution in [-0.4, -0.2) is 18.2 Å². The molecule has 0 unspecified atom stereocenters. The van der Waals surface area contributed by atoms with Gasteiger partial charge in [0.05, 0.1) is 34.3 Å². The summed E-state index contributed by atoms with van der Waals surface area (Å²) in [6, 6.07) is 13.6. The number of pyridine rings is 1. The molecule has 6 rings (SSSR count). The molecule has 2 aliphatic rings. The van der Waals surface area contributed by atoms with Gasteiger partial charge in [-0.2, -0.15) is 0 Å². The second kappa shape index (κ2) is 9.85. The lowest BCUT2D eigenvalue weighted by Gasteiger charge is -2.13. The minimum atomic E-state index is -0.458. The Morgan fingerprint density at radius 3 is 2.63 bits per heavy atom. The number of carbonyl (C=O) groups excluding carboxylic acids is 1. The number of carbonyl (C=O) groups is 1. The van der Waals surface area contributed by atoms with E-state index in [9.17, 15) is 10.0 Å². The molecule has 0 N–H and O–H groups in total. The van der Waals surface area contributed by atoms with Crippen LogP contribution in [0.2, 0.25) is 10.0 Å². The van der Waals surface area contributed by atoms with E-state index in [4.69, 9.17) is 41.9 Å². The van der Waals surface area contributed by atoms with Crippen LogP contribution in [0.4, 0.5) is 0 Å². The Morgan fingerprint density at radius 2 is 1.89 bits per heavy atom. The summed E-state index contributed by atoms with van der Waals surface area (Å²) in [6.45, 7) is 0.0524. The molecule has 1 fully saturated rings. The SMILES string of the molecule is COC(=O)c1ccc2c(c1)Oc1ccc(OCc3c(-c4c(Cl)cccc4Cl)noc3C3CC3)[n+]([O-])c1CC2. The molecule has 1 saturated carbocycles. The van der Waals surface area contributed by atoms with Gasteiger partial charge in [0.2, 0.25) is 5.69 Å². The van der Waals surface area contributed by atoms with Crippen molar-refractivity contribution in [3.63, 3.8) is 0 Å². The van der Waals surface area contributed by atoms with Gasteiger partial charge in [-0.3, -0.25) is 0 Å². The highest BCUT2D eigenvalue weighted by Crippen LogP contribution is 2.46. The van der Waals surface area contributed by atoms with Crippen LogP contribution in [0.5, 0.6) is 17.4 Å². The summed E-state index contributed by atoms with van der Waals surface area (Å²) in [4.78, 5) is 11.9. The third kappa shape index (κ3) is 4.44. The second-order valence-corrected chi connectivity index (χ2v) is 10.0. The summed E-state index contributed by atoms with van der Waals surface area (Å²) in [5.74, 6) is 1.56. The lowest BCUT2D eigenvalue weighted by atomic mass is 10.0. The van der Waals surface area contributed by atoms with Crippen molar-refractivity contribution in [3.05, 3.63) is 91.9 Å². The Labute approximate surface area is 228 Å². The highest BCUT2D eigenvalue weighted by molar-refractivity contribution is 6.39. The summed E-state index contributed by atoms with van der Waals surface area (Å²) < 4.78 is 23.3. The Kier molecular flexibility index (Phi) is 6.37. The molecular weight excluding hydrogens is 531 g/mol. The number of fused-ring (bicyclic) bond motifs is 2. The molecule has 0 saturated heterocycles. The number of aromatic nitrogens is 2. The van der Waals surface area contributed by atoms with Crippen LogP contribution in [0.3, 0.4) is 0 Å². The zero-order valence-electron chi connectivity index (χ0n) is 20.3. The van der Waals surface area contributed by atoms with E-state index in [0.717, 1.165) is 34.5 Å². The second-order valence-electron chi connectivity index (χ2n) is 9.23. The zero-order valence-corrected chi connectivity index (χ0v) is 21.8. The summed E-state index contributed by atoms with van der Waals surface area (Å²) in [6.07, 6.45) is 2.98. The molecule has 1 aliphatic carbocycles. The molecule has 3 heterocycles. The lowest BCUT2D eigenvalue weighted by molar-refractivity contribution is -0.621. The Morgan fingerprint density at radius 1 is 1.11 bits per heavy atom. The minimum absolute atomic E-state index is 0.0524. The first kappa shape index (κ1) is 24.6. The van der Waals surface area contributed by atoms with Crippen LogP contribution in [0.25, 0.3) is 11.3 Å². The smallest absolute Gasteiger partial charge is 0.380 e. The standard InChI is InChI=1S/C28H22Cl2N2O6/c1-35-28(33)17-8-5-15-9-10-21-22(37-23(15)13-17)11-12-24(32(21)34)36-14-18-26(31-38-27(18)16-6-7-16)25-19(29)3-2-4-20(25)30/h2-5,8,11-13,16H,6-7,9-10,14H2,1H3. The highest BCUT2D eigenvalue weighted by Gasteiger charge is 2.34. The van der Waals surface area contributed by atoms with Gasteiger partial charge in [-0.1, -0.05) is 40.5 Å². The molecule has 0 spiro atoms. The van der Waals surface area contributed by atoms with E-state index in [1.54, 1.807) is 42.5 Å². The van der Waals surface area contributed by atoms with Gasteiger partial charge < -0.3 is 23.9 Å². The molecule has 1 aliphatic heterocycles. The van der Waals surface area contributed by atoms with E-state index < -0.39 is 5.97 Å². The van der Waals surface area contributed by atoms with Crippen LogP contribution in [0, 0.1) is 5.21 Å². The summed E-state index contributed by atoms with van der Waals surface area (Å²) in [5, 5.41) is 18.5. The molecule has 194 valence electrons. The number of hydrogen-bond donors (Lipinski definition) is 0. The average molecular weight is 553 g/mol. The first-order chi connectivity index (χ1) is 18.4. The van der Waals surface area contributed by atoms with Gasteiger partial charge in [-0.15, -0.1) is 4.73 Å². The fourth-order valence-electron chi connectivity index (χ4n) is 4.64. The molecule has 8 nitrogen and oxygen atoms in total. The summed E-state index contributed by atoms with van der Waals surface area (Å²) in [7, 11) is 1.32. The predicted octanol–water partition coefficient (Wildman–Crippen LogP) is 6.42. The molecule has 0 bridgehead atoms. The Balaban J connectivity index is 1.29. The van der Waals surface area contributed by atoms with E-state index >= 15 is 0 Å². The molecule has 0 atom stereocenters. The molecular formula is C28H22Cl2N2O6. The van der Waals surface area contributed by atoms with Crippen LogP contribution in [0.15, 0.2) is 53.1 Å². The van der Waals surface area contributed by atoms with Crippen molar-refractivity contribution in [1.82, 2.24) is 5.16 Å². The Bertz CT molecular complexity index is 1540. The largest absolute Gasteiger partial charge is 0.616 e. The lowest BCUT2D eigenvalue weighted by Crippen LogP contribution is -2.34. The van der Waals surface area contributed by atoms with Gasteiger partial charge in [0.25, 0.3) is 0 Å². The number of nitrogens with zero attached hydrogens (tertiary/aromatic N) is 2. The minimum Gasteiger partial charge on any atom is -0.616 e. The monoisotopic (exact) mass is 552 g/mol. The fraction of sp³-hybridized carbons (Fsp3) is 0.250. The number of ether oxygens (including phenoxy) is 3. The van der Waals surface area contributed by atoms with Crippen molar-refractivity contribution in [2.24, 2.45) is 0 Å². The molecule has 0 radical (unpaired) electrons. The van der Waals surface area contributed by atoms with E-state index in [0.29, 0.717) is 56.9 Å². The van der Waals surface area contributed by atoms with E-state index in [1.807, 2.05) is 6.07 Å². The van der Waals surface area contributed by atoms with Crippen LogP contribution in [-0.2, 0) is 24.2 Å². The van der Waals surface area contributed by atoms with Gasteiger partial charge in [0.15, 0.2) is 5.75 Å². The number of halogens is 2. The van der Waals surface area contributed by atoms with Gasteiger partial charge in [0, 0.05) is 17.9 Å². The topological polar surface area (TPSA) is 97.7 Å². The molecule has 4 aromatic rings. The maximum Gasteiger partial charge on any atom is 0.380 e. The van der Waals surface area contributed by atoms with Crippen molar-refractivity contribution in [1.29, 1.82) is 0 Å². The number of methoxy groups -OCH3 is 1. The normalized spacial score (nSPS) is 14.2. The van der Waals surface area contributed by atoms with Gasteiger partial charge in [-0.25, -0.2) is 4.79 Å². The molecule has 0 amide bonds. The zero-order chi connectivity index (χ0) is 26.4. The van der Waals surface area contributed by atoms with Gasteiger partial charge in [0.1, 0.15) is 23.8 Å². The highest BCUT2D eigenvalue weighted by atomic mass is 35.5. The number of rotatable bonds is 6. The third-order valence-electron chi connectivity index (χ3n) is 6.78. The van der Waals surface area contributed by atoms with Crippen LogP contribution >= 0.6 is 23.2 Å².